The Kier molecular flexibility index (Phi) is 5.24. The highest BCUT2D eigenvalue weighted by Gasteiger charge is 2.15. The molecule has 1 rings (SSSR count). The summed E-state index contributed by atoms with van der Waals surface area (Å²) in [5.41, 5.74) is 5.98. The molecule has 16 heavy (non-hydrogen) atoms. The van der Waals surface area contributed by atoms with Crippen LogP contribution in [0.15, 0.2) is 15.7 Å². The van der Waals surface area contributed by atoms with Crippen LogP contribution < -0.4 is 10.5 Å². The minimum Gasteiger partial charge on any atom is -0.398 e. The summed E-state index contributed by atoms with van der Waals surface area (Å²) in [5.74, 6) is 0. The summed E-state index contributed by atoms with van der Waals surface area (Å²) in [4.78, 5) is 0. The number of anilines is 1. The van der Waals surface area contributed by atoms with Crippen molar-refractivity contribution in [2.75, 3.05) is 12.3 Å². The highest BCUT2D eigenvalue weighted by atomic mass is 32.2. The van der Waals surface area contributed by atoms with Gasteiger partial charge in [-0.3, -0.25) is 0 Å². The number of nitrogens with one attached hydrogen (secondary N) is 1. The Labute approximate surface area is 101 Å². The molecule has 1 heterocycles. The van der Waals surface area contributed by atoms with Crippen LogP contribution in [0.4, 0.5) is 5.69 Å². The zero-order chi connectivity index (χ0) is 12.0. The fourth-order valence-electron chi connectivity index (χ4n) is 1.30. The molecule has 0 saturated heterocycles. The quantitative estimate of drug-likeness (QED) is 0.740. The summed E-state index contributed by atoms with van der Waals surface area (Å²) in [5, 5.41) is 1.63. The smallest absolute Gasteiger partial charge is 0.250 e. The average molecular weight is 262 g/mol. The van der Waals surface area contributed by atoms with Gasteiger partial charge in [-0.05, 0) is 12.5 Å². The lowest BCUT2D eigenvalue weighted by Crippen LogP contribution is -2.23. The van der Waals surface area contributed by atoms with Crippen molar-refractivity contribution in [1.29, 1.82) is 0 Å². The first-order valence-corrected chi connectivity index (χ1v) is 7.76. The van der Waals surface area contributed by atoms with Gasteiger partial charge < -0.3 is 5.73 Å². The maximum Gasteiger partial charge on any atom is 0.250 e. The van der Waals surface area contributed by atoms with Crippen molar-refractivity contribution in [2.24, 2.45) is 0 Å². The van der Waals surface area contributed by atoms with Gasteiger partial charge in [-0.25, -0.2) is 13.1 Å². The van der Waals surface area contributed by atoms with Crippen LogP contribution in [0.2, 0.25) is 0 Å². The molecule has 92 valence electrons. The van der Waals surface area contributed by atoms with E-state index < -0.39 is 10.0 Å². The number of sulfonamides is 1. The van der Waals surface area contributed by atoms with Crippen LogP contribution in [0, 0.1) is 0 Å². The van der Waals surface area contributed by atoms with Crippen molar-refractivity contribution in [2.45, 2.75) is 36.8 Å². The summed E-state index contributed by atoms with van der Waals surface area (Å²) >= 11 is 1.15. The van der Waals surface area contributed by atoms with E-state index in [-0.39, 0.29) is 0 Å². The van der Waals surface area contributed by atoms with Gasteiger partial charge in [0.2, 0.25) is 10.0 Å². The van der Waals surface area contributed by atoms with Crippen LogP contribution in [-0.4, -0.2) is 15.0 Å². The highest BCUT2D eigenvalue weighted by Crippen LogP contribution is 2.21. The maximum absolute atomic E-state index is 11.7. The van der Waals surface area contributed by atoms with E-state index in [0.717, 1.165) is 37.0 Å². The summed E-state index contributed by atoms with van der Waals surface area (Å²) in [6, 6.07) is 1.49. The second kappa shape index (κ2) is 6.22. The summed E-state index contributed by atoms with van der Waals surface area (Å²) < 4.78 is 26.3. The van der Waals surface area contributed by atoms with Gasteiger partial charge in [0.05, 0.1) is 0 Å². The Bertz CT molecular complexity index is 412. The van der Waals surface area contributed by atoms with Gasteiger partial charge in [0.25, 0.3) is 0 Å². The van der Waals surface area contributed by atoms with Crippen molar-refractivity contribution in [1.82, 2.24) is 4.72 Å². The molecule has 0 spiro atoms. The normalized spacial score (nSPS) is 11.8. The molecule has 0 aliphatic rings. The molecule has 0 aromatic carbocycles. The van der Waals surface area contributed by atoms with E-state index in [4.69, 9.17) is 5.73 Å². The SMILES string of the molecule is CCCCCCNS(=O)(=O)c1cc(N)cs1. The molecule has 0 aliphatic heterocycles. The molecule has 0 amide bonds. The number of nitrogens with two attached hydrogens (primary N) is 1. The van der Waals surface area contributed by atoms with E-state index in [9.17, 15) is 8.42 Å². The average Bonchev–Trinajstić information content (AvgIpc) is 2.65. The number of hydrogen-bond donors (Lipinski definition) is 2. The molecule has 4 nitrogen and oxygen atoms in total. The number of rotatable bonds is 7. The first kappa shape index (κ1) is 13.5. The largest absolute Gasteiger partial charge is 0.398 e. The van der Waals surface area contributed by atoms with E-state index in [2.05, 4.69) is 11.6 Å². The van der Waals surface area contributed by atoms with Gasteiger partial charge in [-0.1, -0.05) is 26.2 Å². The Hall–Kier alpha value is -0.590. The molecule has 1 aromatic rings. The van der Waals surface area contributed by atoms with Crippen LogP contribution in [-0.2, 0) is 10.0 Å². The summed E-state index contributed by atoms with van der Waals surface area (Å²) in [6.45, 7) is 2.62. The first-order chi connectivity index (χ1) is 7.56. The summed E-state index contributed by atoms with van der Waals surface area (Å²) in [6.07, 6.45) is 4.24. The van der Waals surface area contributed by atoms with Crippen molar-refractivity contribution in [3.05, 3.63) is 11.4 Å². The maximum atomic E-state index is 11.7. The zero-order valence-electron chi connectivity index (χ0n) is 9.40. The molecule has 0 radical (unpaired) electrons. The molecule has 0 saturated carbocycles. The number of unbranched alkanes of at least 4 members (excludes halogenated alkanes) is 3. The second-order valence-corrected chi connectivity index (χ2v) is 6.56. The molecule has 3 N–H and O–H groups in total. The molecule has 0 bridgehead atoms. The predicted molar refractivity (Wildman–Crippen MR) is 68.1 cm³/mol. The third kappa shape index (κ3) is 4.11. The molecule has 0 aliphatic carbocycles. The van der Waals surface area contributed by atoms with E-state index in [1.165, 1.54) is 6.07 Å². The van der Waals surface area contributed by atoms with Crippen molar-refractivity contribution < 1.29 is 8.42 Å². The predicted octanol–water partition coefficient (Wildman–Crippen LogP) is 2.19. The van der Waals surface area contributed by atoms with Gasteiger partial charge in [0.1, 0.15) is 4.21 Å². The molecular formula is C10H18N2O2S2. The minimum absolute atomic E-state index is 0.292. The van der Waals surface area contributed by atoms with Crippen LogP contribution in [0.25, 0.3) is 0 Å². The van der Waals surface area contributed by atoms with Crippen LogP contribution in [0.5, 0.6) is 0 Å². The lowest BCUT2D eigenvalue weighted by Gasteiger charge is -2.03. The van der Waals surface area contributed by atoms with E-state index in [0.29, 0.717) is 16.4 Å². The Morgan fingerprint density at radius 3 is 2.69 bits per heavy atom. The van der Waals surface area contributed by atoms with Crippen LogP contribution in [0.3, 0.4) is 0 Å². The highest BCUT2D eigenvalue weighted by molar-refractivity contribution is 7.91. The second-order valence-electron chi connectivity index (χ2n) is 3.66. The standard InChI is InChI=1S/C10H18N2O2S2/c1-2-3-4-5-6-12-16(13,14)10-7-9(11)8-15-10/h7-8,12H,2-6,11H2,1H3. The van der Waals surface area contributed by atoms with E-state index >= 15 is 0 Å². The number of nitrogen functional groups attached to an aromatic ring is 1. The molecule has 6 heteroatoms. The van der Waals surface area contributed by atoms with E-state index in [1.807, 2.05) is 0 Å². The van der Waals surface area contributed by atoms with Crippen molar-refractivity contribution in [3.8, 4) is 0 Å². The lowest BCUT2D eigenvalue weighted by atomic mass is 10.2. The number of thiophene rings is 1. The first-order valence-electron chi connectivity index (χ1n) is 5.40. The van der Waals surface area contributed by atoms with Gasteiger partial charge in [-0.2, -0.15) is 0 Å². The monoisotopic (exact) mass is 262 g/mol. The fourth-order valence-corrected chi connectivity index (χ4v) is 3.50. The van der Waals surface area contributed by atoms with Crippen LogP contribution in [0.1, 0.15) is 32.6 Å². The third-order valence-electron chi connectivity index (χ3n) is 2.18. The molecule has 1 aromatic heterocycles. The van der Waals surface area contributed by atoms with Crippen molar-refractivity contribution in [3.63, 3.8) is 0 Å². The number of hydrogen-bond acceptors (Lipinski definition) is 4. The zero-order valence-corrected chi connectivity index (χ0v) is 11.0. The third-order valence-corrected chi connectivity index (χ3v) is 5.10. The van der Waals surface area contributed by atoms with Crippen molar-refractivity contribution >= 4 is 27.0 Å². The Morgan fingerprint density at radius 2 is 2.12 bits per heavy atom. The topological polar surface area (TPSA) is 72.2 Å². The lowest BCUT2D eigenvalue weighted by molar-refractivity contribution is 0.575. The van der Waals surface area contributed by atoms with Gasteiger partial charge in [-0.15, -0.1) is 11.3 Å². The Morgan fingerprint density at radius 1 is 1.38 bits per heavy atom. The molecule has 0 atom stereocenters. The minimum atomic E-state index is -3.34. The van der Waals surface area contributed by atoms with Crippen LogP contribution >= 0.6 is 11.3 Å². The van der Waals surface area contributed by atoms with Gasteiger partial charge in [0, 0.05) is 17.6 Å². The van der Waals surface area contributed by atoms with E-state index in [1.54, 1.807) is 5.38 Å². The fraction of sp³-hybridized carbons (Fsp3) is 0.600. The van der Waals surface area contributed by atoms with Gasteiger partial charge in [0.15, 0.2) is 0 Å². The van der Waals surface area contributed by atoms with Gasteiger partial charge >= 0.3 is 0 Å². The molecular weight excluding hydrogens is 244 g/mol. The molecule has 0 unspecified atom stereocenters. The summed E-state index contributed by atoms with van der Waals surface area (Å²) in [7, 11) is -3.34. The molecule has 0 fully saturated rings. The Balaban J connectivity index is 2.41.